The molecule has 0 unspecified atom stereocenters. The summed E-state index contributed by atoms with van der Waals surface area (Å²) in [6.45, 7) is 2.24. The van der Waals surface area contributed by atoms with Gasteiger partial charge in [-0.2, -0.15) is 4.52 Å². The Morgan fingerprint density at radius 3 is 2.79 bits per heavy atom. The van der Waals surface area contributed by atoms with Crippen LogP contribution in [0.2, 0.25) is 0 Å². The summed E-state index contributed by atoms with van der Waals surface area (Å²) in [5, 5.41) is 23.1. The monoisotopic (exact) mass is 327 g/mol. The molecule has 0 radical (unpaired) electrons. The molecule has 0 aromatic carbocycles. The fourth-order valence-electron chi connectivity index (χ4n) is 2.75. The zero-order valence-electron chi connectivity index (χ0n) is 13.3. The summed E-state index contributed by atoms with van der Waals surface area (Å²) in [6.07, 6.45) is 3.92. The zero-order valence-corrected chi connectivity index (χ0v) is 13.3. The first kappa shape index (κ1) is 14.5. The highest BCUT2D eigenvalue weighted by molar-refractivity contribution is 5.91. The molecule has 1 fully saturated rings. The Morgan fingerprint density at radius 2 is 2.04 bits per heavy atom. The number of amides is 1. The number of hydrogen-bond acceptors (Lipinski definition) is 7. The lowest BCUT2D eigenvalue weighted by molar-refractivity contribution is 0.0944. The van der Waals surface area contributed by atoms with Gasteiger partial charge in [0.05, 0.1) is 12.7 Å². The molecule has 0 aliphatic carbocycles. The SMILES string of the molecule is Cn1cc(C(=O)NCc2nnc3ccc(N4CCCC4)nn23)nn1. The van der Waals surface area contributed by atoms with Crippen molar-refractivity contribution in [3.63, 3.8) is 0 Å². The van der Waals surface area contributed by atoms with Gasteiger partial charge in [-0.05, 0) is 25.0 Å². The molecule has 1 aliphatic heterocycles. The summed E-state index contributed by atoms with van der Waals surface area (Å²) < 4.78 is 3.15. The first-order valence-electron chi connectivity index (χ1n) is 7.81. The molecule has 0 bridgehead atoms. The van der Waals surface area contributed by atoms with Crippen molar-refractivity contribution < 1.29 is 4.79 Å². The summed E-state index contributed by atoms with van der Waals surface area (Å²) in [4.78, 5) is 14.3. The van der Waals surface area contributed by atoms with E-state index in [1.807, 2.05) is 12.1 Å². The fraction of sp³-hybridized carbons (Fsp3) is 0.429. The van der Waals surface area contributed by atoms with Crippen molar-refractivity contribution in [2.45, 2.75) is 19.4 Å². The molecule has 3 aromatic rings. The van der Waals surface area contributed by atoms with Gasteiger partial charge in [-0.3, -0.25) is 9.48 Å². The van der Waals surface area contributed by atoms with E-state index >= 15 is 0 Å². The van der Waals surface area contributed by atoms with Crippen LogP contribution in [-0.2, 0) is 13.6 Å². The van der Waals surface area contributed by atoms with Gasteiger partial charge in [-0.25, -0.2) is 0 Å². The highest BCUT2D eigenvalue weighted by Gasteiger charge is 2.16. The van der Waals surface area contributed by atoms with Crippen LogP contribution in [0.4, 0.5) is 5.82 Å². The first-order chi connectivity index (χ1) is 11.7. The van der Waals surface area contributed by atoms with Crippen LogP contribution in [0, 0.1) is 0 Å². The quantitative estimate of drug-likeness (QED) is 0.706. The first-order valence-corrected chi connectivity index (χ1v) is 7.81. The molecule has 0 spiro atoms. The molecular weight excluding hydrogens is 310 g/mol. The van der Waals surface area contributed by atoms with Crippen molar-refractivity contribution >= 4 is 17.4 Å². The Balaban J connectivity index is 1.53. The number of hydrogen-bond donors (Lipinski definition) is 1. The molecule has 4 rings (SSSR count). The van der Waals surface area contributed by atoms with E-state index in [2.05, 4.69) is 35.8 Å². The van der Waals surface area contributed by atoms with Gasteiger partial charge in [0.2, 0.25) is 0 Å². The van der Waals surface area contributed by atoms with Gasteiger partial charge in [0.15, 0.2) is 17.2 Å². The highest BCUT2D eigenvalue weighted by atomic mass is 16.2. The van der Waals surface area contributed by atoms with Crippen LogP contribution in [0.3, 0.4) is 0 Å². The van der Waals surface area contributed by atoms with Crippen LogP contribution in [0.15, 0.2) is 18.3 Å². The van der Waals surface area contributed by atoms with Crippen LogP contribution < -0.4 is 10.2 Å². The van der Waals surface area contributed by atoms with Gasteiger partial charge in [-0.1, -0.05) is 5.21 Å². The molecule has 4 heterocycles. The number of carbonyl (C=O) groups is 1. The molecule has 1 amide bonds. The molecule has 1 saturated heterocycles. The van der Waals surface area contributed by atoms with Crippen molar-refractivity contribution in [1.82, 2.24) is 40.1 Å². The van der Waals surface area contributed by atoms with E-state index in [1.165, 1.54) is 17.5 Å². The van der Waals surface area contributed by atoms with Crippen LogP contribution in [0.1, 0.15) is 29.2 Å². The topological polar surface area (TPSA) is 106 Å². The molecule has 10 heteroatoms. The lowest BCUT2D eigenvalue weighted by Gasteiger charge is -2.15. The van der Waals surface area contributed by atoms with E-state index in [1.54, 1.807) is 17.8 Å². The largest absolute Gasteiger partial charge is 0.355 e. The Bertz CT molecular complexity index is 877. The molecule has 24 heavy (non-hydrogen) atoms. The van der Waals surface area contributed by atoms with E-state index < -0.39 is 0 Å². The van der Waals surface area contributed by atoms with E-state index in [-0.39, 0.29) is 18.1 Å². The third kappa shape index (κ3) is 2.66. The van der Waals surface area contributed by atoms with Crippen molar-refractivity contribution in [3.8, 4) is 0 Å². The van der Waals surface area contributed by atoms with Crippen LogP contribution in [0.5, 0.6) is 0 Å². The van der Waals surface area contributed by atoms with Gasteiger partial charge in [-0.15, -0.1) is 20.4 Å². The second-order valence-electron chi connectivity index (χ2n) is 5.73. The molecule has 1 aliphatic rings. The number of carbonyl (C=O) groups excluding carboxylic acids is 1. The van der Waals surface area contributed by atoms with Gasteiger partial charge in [0.25, 0.3) is 5.91 Å². The molecule has 1 N–H and O–H groups in total. The minimum Gasteiger partial charge on any atom is -0.355 e. The Kier molecular flexibility index (Phi) is 3.56. The number of nitrogens with zero attached hydrogens (tertiary/aromatic N) is 8. The maximum Gasteiger partial charge on any atom is 0.273 e. The third-order valence-corrected chi connectivity index (χ3v) is 3.99. The summed E-state index contributed by atoms with van der Waals surface area (Å²) in [7, 11) is 1.71. The smallest absolute Gasteiger partial charge is 0.273 e. The summed E-state index contributed by atoms with van der Waals surface area (Å²) >= 11 is 0. The van der Waals surface area contributed by atoms with Crippen molar-refractivity contribution in [2.75, 3.05) is 18.0 Å². The standard InChI is InChI=1S/C14H17N9O/c1-21-9-10(16-20-21)14(24)15-8-13-18-17-11-4-5-12(19-23(11)13)22-6-2-3-7-22/h4-5,9H,2-3,6-8H2,1H3,(H,15,24). The van der Waals surface area contributed by atoms with Gasteiger partial charge >= 0.3 is 0 Å². The maximum atomic E-state index is 12.1. The number of aryl methyl sites for hydroxylation is 1. The number of nitrogens with one attached hydrogen (secondary N) is 1. The van der Waals surface area contributed by atoms with E-state index in [0.29, 0.717) is 11.5 Å². The molecular formula is C14H17N9O. The predicted octanol–water partition coefficient (Wildman–Crippen LogP) is -0.217. The Labute approximate surface area is 137 Å². The average molecular weight is 327 g/mol. The lowest BCUT2D eigenvalue weighted by atomic mass is 10.4. The van der Waals surface area contributed by atoms with E-state index in [4.69, 9.17) is 0 Å². The van der Waals surface area contributed by atoms with Crippen molar-refractivity contribution in [3.05, 3.63) is 29.8 Å². The highest BCUT2D eigenvalue weighted by Crippen LogP contribution is 2.17. The van der Waals surface area contributed by atoms with Crippen LogP contribution >= 0.6 is 0 Å². The Hall–Kier alpha value is -3.04. The Morgan fingerprint density at radius 1 is 1.21 bits per heavy atom. The normalized spacial score (nSPS) is 14.5. The lowest BCUT2D eigenvalue weighted by Crippen LogP contribution is -2.25. The van der Waals surface area contributed by atoms with Gasteiger partial charge in [0.1, 0.15) is 5.82 Å². The minimum atomic E-state index is -0.310. The molecule has 0 saturated carbocycles. The summed E-state index contributed by atoms with van der Waals surface area (Å²) in [5.41, 5.74) is 0.915. The number of rotatable bonds is 4. The molecule has 124 valence electrons. The molecule has 10 nitrogen and oxygen atoms in total. The second kappa shape index (κ2) is 5.87. The predicted molar refractivity (Wildman–Crippen MR) is 84.4 cm³/mol. The number of fused-ring (bicyclic) bond motifs is 1. The average Bonchev–Trinajstić information content (AvgIpc) is 3.33. The molecule has 3 aromatic heterocycles. The van der Waals surface area contributed by atoms with Gasteiger partial charge < -0.3 is 10.2 Å². The second-order valence-corrected chi connectivity index (χ2v) is 5.73. The van der Waals surface area contributed by atoms with Crippen molar-refractivity contribution in [1.29, 1.82) is 0 Å². The summed E-state index contributed by atoms with van der Waals surface area (Å²) in [6, 6.07) is 3.85. The fourth-order valence-corrected chi connectivity index (χ4v) is 2.75. The van der Waals surface area contributed by atoms with Crippen LogP contribution in [0.25, 0.3) is 5.65 Å². The minimum absolute atomic E-state index is 0.215. The summed E-state index contributed by atoms with van der Waals surface area (Å²) in [5.74, 6) is 1.17. The maximum absolute atomic E-state index is 12.1. The zero-order chi connectivity index (χ0) is 16.5. The van der Waals surface area contributed by atoms with E-state index in [9.17, 15) is 4.79 Å². The molecule has 0 atom stereocenters. The van der Waals surface area contributed by atoms with E-state index in [0.717, 1.165) is 18.9 Å². The van der Waals surface area contributed by atoms with Gasteiger partial charge in [0, 0.05) is 20.1 Å². The third-order valence-electron chi connectivity index (χ3n) is 3.99. The van der Waals surface area contributed by atoms with Crippen molar-refractivity contribution in [2.24, 2.45) is 7.05 Å². The van der Waals surface area contributed by atoms with Crippen LogP contribution in [-0.4, -0.2) is 53.8 Å². The number of aromatic nitrogens is 7. The number of anilines is 1.